The summed E-state index contributed by atoms with van der Waals surface area (Å²) >= 11 is 3.36. The van der Waals surface area contributed by atoms with Crippen molar-refractivity contribution in [1.29, 1.82) is 0 Å². The normalized spacial score (nSPS) is 15.5. The third kappa shape index (κ3) is 1.62. The topological polar surface area (TPSA) is 63.3 Å². The van der Waals surface area contributed by atoms with E-state index in [1.807, 2.05) is 0 Å². The van der Waals surface area contributed by atoms with Crippen molar-refractivity contribution < 1.29 is 9.90 Å². The molecule has 0 heterocycles. The molecule has 2 rings (SSSR count). The molecule has 1 aliphatic carbocycles. The van der Waals surface area contributed by atoms with E-state index >= 15 is 0 Å². The van der Waals surface area contributed by atoms with Crippen LogP contribution in [0.2, 0.25) is 0 Å². The summed E-state index contributed by atoms with van der Waals surface area (Å²) < 4.78 is 0.817. The first-order valence-electron chi connectivity index (χ1n) is 4.42. The number of aromatic carboxylic acids is 1. The molecule has 3 nitrogen and oxygen atoms in total. The zero-order valence-corrected chi connectivity index (χ0v) is 9.04. The number of halogens is 1. The Balaban J connectivity index is 2.49. The second kappa shape index (κ2) is 3.28. The Kier molecular flexibility index (Phi) is 2.23. The number of carbonyl (C=O) groups is 1. The van der Waals surface area contributed by atoms with Crippen molar-refractivity contribution in [2.75, 3.05) is 5.73 Å². The Labute approximate surface area is 90.0 Å². The Morgan fingerprint density at radius 3 is 2.57 bits per heavy atom. The van der Waals surface area contributed by atoms with E-state index in [2.05, 4.69) is 15.9 Å². The number of hydrogen-bond acceptors (Lipinski definition) is 2. The molecule has 14 heavy (non-hydrogen) atoms. The second-order valence-corrected chi connectivity index (χ2v) is 4.39. The molecule has 0 aromatic heterocycles. The van der Waals surface area contributed by atoms with Gasteiger partial charge in [0, 0.05) is 10.2 Å². The van der Waals surface area contributed by atoms with Crippen molar-refractivity contribution in [3.8, 4) is 0 Å². The van der Waals surface area contributed by atoms with Gasteiger partial charge in [0.15, 0.2) is 0 Å². The molecule has 1 aromatic carbocycles. The molecule has 3 N–H and O–H groups in total. The van der Waals surface area contributed by atoms with Gasteiger partial charge < -0.3 is 10.8 Å². The van der Waals surface area contributed by atoms with Crippen LogP contribution < -0.4 is 5.73 Å². The molecule has 74 valence electrons. The molecule has 1 fully saturated rings. The van der Waals surface area contributed by atoms with Crippen molar-refractivity contribution in [3.05, 3.63) is 27.7 Å². The van der Waals surface area contributed by atoms with E-state index in [0.29, 0.717) is 11.6 Å². The molecule has 4 heteroatoms. The van der Waals surface area contributed by atoms with Crippen molar-refractivity contribution in [2.24, 2.45) is 0 Å². The molecule has 1 aromatic rings. The first-order chi connectivity index (χ1) is 6.59. The Hall–Kier alpha value is -1.03. The maximum absolute atomic E-state index is 10.7. The van der Waals surface area contributed by atoms with Crippen molar-refractivity contribution in [3.63, 3.8) is 0 Å². The molecule has 0 radical (unpaired) electrons. The first-order valence-corrected chi connectivity index (χ1v) is 5.21. The fourth-order valence-corrected chi connectivity index (χ4v) is 2.36. The van der Waals surface area contributed by atoms with E-state index in [1.165, 1.54) is 6.07 Å². The van der Waals surface area contributed by atoms with Crippen LogP contribution in [0.15, 0.2) is 16.6 Å². The van der Waals surface area contributed by atoms with Crippen molar-refractivity contribution >= 4 is 27.6 Å². The van der Waals surface area contributed by atoms with Gasteiger partial charge in [-0.25, -0.2) is 4.79 Å². The molecule has 1 saturated carbocycles. The monoisotopic (exact) mass is 255 g/mol. The summed E-state index contributed by atoms with van der Waals surface area (Å²) in [6.45, 7) is 0. The minimum absolute atomic E-state index is 0.235. The van der Waals surface area contributed by atoms with Gasteiger partial charge in [-0.2, -0.15) is 0 Å². The molecule has 0 saturated heterocycles. The summed E-state index contributed by atoms with van der Waals surface area (Å²) in [6, 6.07) is 3.15. The van der Waals surface area contributed by atoms with Crippen LogP contribution in [0.3, 0.4) is 0 Å². The van der Waals surface area contributed by atoms with Crippen LogP contribution in [0.1, 0.15) is 34.7 Å². The lowest BCUT2D eigenvalue weighted by Crippen LogP contribution is -2.01. The highest BCUT2D eigenvalue weighted by Crippen LogP contribution is 2.46. The van der Waals surface area contributed by atoms with Crippen LogP contribution in [-0.2, 0) is 0 Å². The molecule has 0 atom stereocenters. The number of carboxylic acids is 1. The highest BCUT2D eigenvalue weighted by atomic mass is 79.9. The molecule has 0 amide bonds. The third-order valence-electron chi connectivity index (χ3n) is 2.39. The summed E-state index contributed by atoms with van der Waals surface area (Å²) in [5, 5.41) is 8.80. The second-order valence-electron chi connectivity index (χ2n) is 3.54. The fourth-order valence-electron chi connectivity index (χ4n) is 1.57. The number of hydrogen-bond donors (Lipinski definition) is 2. The zero-order chi connectivity index (χ0) is 10.3. The number of carboxylic acid groups (broad SMARTS) is 1. The number of benzene rings is 1. The van der Waals surface area contributed by atoms with Gasteiger partial charge in [0.1, 0.15) is 0 Å². The van der Waals surface area contributed by atoms with Crippen LogP contribution in [0.25, 0.3) is 0 Å². The Morgan fingerprint density at radius 1 is 1.50 bits per heavy atom. The Bertz CT molecular complexity index is 376. The maximum Gasteiger partial charge on any atom is 0.335 e. The van der Waals surface area contributed by atoms with E-state index in [-0.39, 0.29) is 5.56 Å². The third-order valence-corrected chi connectivity index (χ3v) is 3.05. The van der Waals surface area contributed by atoms with Gasteiger partial charge in [-0.3, -0.25) is 0 Å². The summed E-state index contributed by atoms with van der Waals surface area (Å²) in [4.78, 5) is 10.7. The predicted molar refractivity (Wildman–Crippen MR) is 57.5 cm³/mol. The Morgan fingerprint density at radius 2 is 2.14 bits per heavy atom. The van der Waals surface area contributed by atoms with E-state index in [4.69, 9.17) is 10.8 Å². The number of anilines is 1. The van der Waals surface area contributed by atoms with E-state index in [0.717, 1.165) is 22.9 Å². The zero-order valence-electron chi connectivity index (χ0n) is 7.46. The largest absolute Gasteiger partial charge is 0.478 e. The summed E-state index contributed by atoms with van der Waals surface area (Å²) in [5.74, 6) is -0.424. The van der Waals surface area contributed by atoms with Crippen LogP contribution in [0.4, 0.5) is 5.69 Å². The van der Waals surface area contributed by atoms with Crippen LogP contribution in [-0.4, -0.2) is 11.1 Å². The average molecular weight is 256 g/mol. The minimum Gasteiger partial charge on any atom is -0.478 e. The first kappa shape index (κ1) is 9.52. The molecular formula is C10H10BrNO2. The van der Waals surface area contributed by atoms with Gasteiger partial charge in [0.25, 0.3) is 0 Å². The highest BCUT2D eigenvalue weighted by molar-refractivity contribution is 9.10. The molecule has 0 aliphatic heterocycles. The molecule has 0 bridgehead atoms. The summed E-state index contributed by atoms with van der Waals surface area (Å²) in [7, 11) is 0. The van der Waals surface area contributed by atoms with E-state index in [9.17, 15) is 4.79 Å². The van der Waals surface area contributed by atoms with Gasteiger partial charge in [-0.05, 0) is 36.5 Å². The molecule has 1 aliphatic rings. The van der Waals surface area contributed by atoms with Gasteiger partial charge in [-0.15, -0.1) is 0 Å². The maximum atomic E-state index is 10.7. The van der Waals surface area contributed by atoms with Crippen LogP contribution >= 0.6 is 15.9 Å². The van der Waals surface area contributed by atoms with Crippen LogP contribution in [0.5, 0.6) is 0 Å². The lowest BCUT2D eigenvalue weighted by Gasteiger charge is -2.08. The van der Waals surface area contributed by atoms with Crippen molar-refractivity contribution in [2.45, 2.75) is 18.8 Å². The minimum atomic E-state index is -0.945. The highest BCUT2D eigenvalue weighted by Gasteiger charge is 2.28. The lowest BCUT2D eigenvalue weighted by molar-refractivity contribution is 0.0697. The van der Waals surface area contributed by atoms with Crippen LogP contribution in [0, 0.1) is 0 Å². The average Bonchev–Trinajstić information content (AvgIpc) is 2.86. The number of nitrogens with two attached hydrogens (primary N) is 1. The van der Waals surface area contributed by atoms with E-state index < -0.39 is 5.97 Å². The van der Waals surface area contributed by atoms with Gasteiger partial charge in [-0.1, -0.05) is 15.9 Å². The van der Waals surface area contributed by atoms with E-state index in [1.54, 1.807) is 6.07 Å². The fraction of sp³-hybridized carbons (Fsp3) is 0.300. The smallest absolute Gasteiger partial charge is 0.335 e. The number of rotatable bonds is 2. The van der Waals surface area contributed by atoms with Gasteiger partial charge >= 0.3 is 5.97 Å². The predicted octanol–water partition coefficient (Wildman–Crippen LogP) is 2.61. The summed E-state index contributed by atoms with van der Waals surface area (Å²) in [5.41, 5.74) is 7.69. The van der Waals surface area contributed by atoms with Gasteiger partial charge in [0.2, 0.25) is 0 Å². The lowest BCUT2D eigenvalue weighted by atomic mass is 10.1. The molecule has 0 spiro atoms. The van der Waals surface area contributed by atoms with Crippen molar-refractivity contribution in [1.82, 2.24) is 0 Å². The van der Waals surface area contributed by atoms with Gasteiger partial charge in [0.05, 0.1) is 5.56 Å². The number of nitrogen functional groups attached to an aromatic ring is 1. The standard InChI is InChI=1S/C10H10BrNO2/c11-7-3-6(10(13)14)4-8(12)9(7)5-1-2-5/h3-5H,1-2,12H2,(H,13,14). The summed E-state index contributed by atoms with van der Waals surface area (Å²) in [6.07, 6.45) is 2.30. The molecular weight excluding hydrogens is 246 g/mol. The molecule has 0 unspecified atom stereocenters. The quantitative estimate of drug-likeness (QED) is 0.799. The SMILES string of the molecule is Nc1cc(C(=O)O)cc(Br)c1C1CC1.